The topological polar surface area (TPSA) is 22.8 Å². The molecule has 1 aliphatic heterocycles. The van der Waals surface area contributed by atoms with E-state index in [1.807, 2.05) is 12.4 Å². The van der Waals surface area contributed by atoms with Gasteiger partial charge in [-0.25, -0.2) is 0 Å². The zero-order chi connectivity index (χ0) is 27.3. The summed E-state index contributed by atoms with van der Waals surface area (Å²) in [4.78, 5) is 4.50. The molecule has 0 bridgehead atoms. The second-order valence-corrected chi connectivity index (χ2v) is 11.7. The van der Waals surface area contributed by atoms with E-state index >= 15 is 0 Å². The molecule has 0 spiro atoms. The first kappa shape index (κ1) is 22.6. The van der Waals surface area contributed by atoms with Crippen LogP contribution in [0.1, 0.15) is 25.0 Å². The zero-order valence-corrected chi connectivity index (χ0v) is 23.0. The van der Waals surface area contributed by atoms with E-state index in [1.165, 1.54) is 77.2 Å². The van der Waals surface area contributed by atoms with Gasteiger partial charge in [-0.15, -0.1) is 0 Å². The van der Waals surface area contributed by atoms with Crippen LogP contribution in [-0.2, 0) is 5.41 Å². The van der Waals surface area contributed by atoms with Gasteiger partial charge in [0.15, 0.2) is 0 Å². The molecule has 1 aliphatic rings. The van der Waals surface area contributed by atoms with Gasteiger partial charge in [0.05, 0.1) is 27.8 Å². The van der Waals surface area contributed by atoms with Crippen molar-refractivity contribution in [3.8, 4) is 22.5 Å². The van der Waals surface area contributed by atoms with Crippen molar-refractivity contribution in [2.24, 2.45) is 0 Å². The Morgan fingerprint density at radius 2 is 1.20 bits per heavy atom. The van der Waals surface area contributed by atoms with Gasteiger partial charge in [0.1, 0.15) is 0 Å². The van der Waals surface area contributed by atoms with Crippen molar-refractivity contribution >= 4 is 43.6 Å². The van der Waals surface area contributed by atoms with Gasteiger partial charge in [-0.1, -0.05) is 80.6 Å². The molecule has 194 valence electrons. The molecule has 0 saturated heterocycles. The Hall–Kier alpha value is -5.15. The molecule has 9 rings (SSSR count). The minimum absolute atomic E-state index is 0.117. The maximum absolute atomic E-state index is 4.50. The molecule has 0 saturated carbocycles. The van der Waals surface area contributed by atoms with Crippen molar-refractivity contribution in [3.05, 3.63) is 139 Å². The van der Waals surface area contributed by atoms with Crippen molar-refractivity contribution in [1.82, 2.24) is 14.1 Å². The largest absolute Gasteiger partial charge is 0.309 e. The summed E-state index contributed by atoms with van der Waals surface area (Å²) in [6.07, 6.45) is 3.95. The van der Waals surface area contributed by atoms with Crippen LogP contribution in [0.2, 0.25) is 0 Å². The highest BCUT2D eigenvalue weighted by atomic mass is 15.0. The molecule has 0 atom stereocenters. The fourth-order valence-corrected chi connectivity index (χ4v) is 7.22. The SMILES string of the molecule is CC1(C)c2cnccc2-n2c3ccc(-c4ccc5c(c4)c4ccccc4n5-c4ccccc4)cc3c3cccc1c32. The molecule has 3 heteroatoms. The molecule has 8 aromatic rings. The van der Waals surface area contributed by atoms with E-state index in [0.29, 0.717) is 0 Å². The predicted octanol–water partition coefficient (Wildman–Crippen LogP) is 9.58. The number of aromatic nitrogens is 3. The van der Waals surface area contributed by atoms with Crippen LogP contribution in [0.5, 0.6) is 0 Å². The summed E-state index contributed by atoms with van der Waals surface area (Å²) < 4.78 is 4.82. The standard InChI is InChI=1S/C38H27N3/c1-38(2)31-13-8-12-28-30-22-25(16-18-35(30)41(37(28)31)36-19-20-39-23-32(36)38)24-15-17-34-29(21-24)27-11-6-7-14-33(27)40(34)26-9-4-3-5-10-26/h3-23H,1-2H3. The Labute approximate surface area is 237 Å². The van der Waals surface area contributed by atoms with Gasteiger partial charge in [0, 0.05) is 50.6 Å². The first-order valence-electron chi connectivity index (χ1n) is 14.2. The third kappa shape index (κ3) is 2.95. The van der Waals surface area contributed by atoms with Gasteiger partial charge in [-0.2, -0.15) is 0 Å². The molecule has 0 fully saturated rings. The van der Waals surface area contributed by atoms with Gasteiger partial charge in [-0.3, -0.25) is 4.98 Å². The Morgan fingerprint density at radius 3 is 2.00 bits per heavy atom. The van der Waals surface area contributed by atoms with Gasteiger partial charge < -0.3 is 9.13 Å². The number of hydrogen-bond acceptors (Lipinski definition) is 1. The minimum atomic E-state index is -0.117. The summed E-state index contributed by atoms with van der Waals surface area (Å²) in [5.74, 6) is 0. The smallest absolute Gasteiger partial charge is 0.0582 e. The molecular weight excluding hydrogens is 498 g/mol. The van der Waals surface area contributed by atoms with Crippen molar-refractivity contribution in [2.45, 2.75) is 19.3 Å². The van der Waals surface area contributed by atoms with E-state index in [2.05, 4.69) is 143 Å². The lowest BCUT2D eigenvalue weighted by Crippen LogP contribution is -2.26. The number of benzene rings is 5. The number of pyridine rings is 1. The van der Waals surface area contributed by atoms with Gasteiger partial charge in [0.2, 0.25) is 0 Å². The van der Waals surface area contributed by atoms with E-state index in [4.69, 9.17) is 0 Å². The number of rotatable bonds is 2. The van der Waals surface area contributed by atoms with Crippen molar-refractivity contribution in [3.63, 3.8) is 0 Å². The molecule has 3 aromatic heterocycles. The molecule has 0 amide bonds. The average Bonchev–Trinajstić information content (AvgIpc) is 3.53. The highest BCUT2D eigenvalue weighted by Crippen LogP contribution is 2.47. The van der Waals surface area contributed by atoms with Crippen LogP contribution in [0.25, 0.3) is 66.1 Å². The normalized spacial score (nSPS) is 13.8. The van der Waals surface area contributed by atoms with Crippen LogP contribution in [0, 0.1) is 0 Å². The maximum atomic E-state index is 4.50. The molecular formula is C38H27N3. The summed E-state index contributed by atoms with van der Waals surface area (Å²) in [5.41, 5.74) is 12.4. The van der Waals surface area contributed by atoms with Crippen LogP contribution in [0.15, 0.2) is 128 Å². The van der Waals surface area contributed by atoms with E-state index in [1.54, 1.807) is 0 Å². The van der Waals surface area contributed by atoms with Gasteiger partial charge in [-0.05, 0) is 65.2 Å². The van der Waals surface area contributed by atoms with Crippen LogP contribution in [0.4, 0.5) is 0 Å². The third-order valence-electron chi connectivity index (χ3n) is 9.19. The van der Waals surface area contributed by atoms with E-state index in [-0.39, 0.29) is 5.41 Å². The summed E-state index contributed by atoms with van der Waals surface area (Å²) in [5, 5.41) is 5.13. The summed E-state index contributed by atoms with van der Waals surface area (Å²) in [6.45, 7) is 4.63. The molecule has 3 nitrogen and oxygen atoms in total. The number of fused-ring (bicyclic) bond motifs is 8. The first-order valence-corrected chi connectivity index (χ1v) is 14.2. The molecule has 0 unspecified atom stereocenters. The highest BCUT2D eigenvalue weighted by molar-refractivity contribution is 6.14. The summed E-state index contributed by atoms with van der Waals surface area (Å²) in [7, 11) is 0. The quantitative estimate of drug-likeness (QED) is 0.220. The van der Waals surface area contributed by atoms with Crippen molar-refractivity contribution < 1.29 is 0 Å². The number of hydrogen-bond donors (Lipinski definition) is 0. The molecule has 0 aliphatic carbocycles. The Morgan fingerprint density at radius 1 is 0.537 bits per heavy atom. The Balaban J connectivity index is 1.30. The fourth-order valence-electron chi connectivity index (χ4n) is 7.22. The lowest BCUT2D eigenvalue weighted by atomic mass is 9.75. The fraction of sp³-hybridized carbons (Fsp3) is 0.0789. The van der Waals surface area contributed by atoms with Crippen molar-refractivity contribution in [2.75, 3.05) is 0 Å². The van der Waals surface area contributed by atoms with E-state index in [0.717, 1.165) is 0 Å². The first-order chi connectivity index (χ1) is 20.1. The lowest BCUT2D eigenvalue weighted by molar-refractivity contribution is 0.626. The highest BCUT2D eigenvalue weighted by Gasteiger charge is 2.35. The number of nitrogens with zero attached hydrogens (tertiary/aromatic N) is 3. The second kappa shape index (κ2) is 7.96. The maximum Gasteiger partial charge on any atom is 0.0582 e. The zero-order valence-electron chi connectivity index (χ0n) is 23.0. The minimum Gasteiger partial charge on any atom is -0.309 e. The number of para-hydroxylation sites is 3. The molecule has 4 heterocycles. The lowest BCUT2D eigenvalue weighted by Gasteiger charge is -2.34. The Bertz CT molecular complexity index is 2330. The van der Waals surface area contributed by atoms with Crippen LogP contribution in [0.3, 0.4) is 0 Å². The predicted molar refractivity (Wildman–Crippen MR) is 170 cm³/mol. The molecule has 5 aromatic carbocycles. The van der Waals surface area contributed by atoms with Crippen LogP contribution in [-0.4, -0.2) is 14.1 Å². The second-order valence-electron chi connectivity index (χ2n) is 11.7. The summed E-state index contributed by atoms with van der Waals surface area (Å²) in [6, 6.07) is 42.2. The monoisotopic (exact) mass is 525 g/mol. The Kier molecular flexibility index (Phi) is 4.39. The van der Waals surface area contributed by atoms with Gasteiger partial charge >= 0.3 is 0 Å². The van der Waals surface area contributed by atoms with Crippen LogP contribution >= 0.6 is 0 Å². The molecule has 0 N–H and O–H groups in total. The third-order valence-corrected chi connectivity index (χ3v) is 9.19. The summed E-state index contributed by atoms with van der Waals surface area (Å²) >= 11 is 0. The molecule has 41 heavy (non-hydrogen) atoms. The van der Waals surface area contributed by atoms with E-state index in [9.17, 15) is 0 Å². The van der Waals surface area contributed by atoms with Crippen LogP contribution < -0.4 is 0 Å². The van der Waals surface area contributed by atoms with Gasteiger partial charge in [0.25, 0.3) is 0 Å². The average molecular weight is 526 g/mol. The van der Waals surface area contributed by atoms with E-state index < -0.39 is 0 Å². The van der Waals surface area contributed by atoms with Crippen molar-refractivity contribution in [1.29, 1.82) is 0 Å². The molecule has 0 radical (unpaired) electrons.